The molecule has 0 fully saturated rings. The number of unbranched alkanes of at least 4 members (excludes halogenated alkanes) is 3. The molecule has 0 rings (SSSR count). The van der Waals surface area contributed by atoms with Crippen molar-refractivity contribution in [2.24, 2.45) is 0 Å². The van der Waals surface area contributed by atoms with E-state index in [1.807, 2.05) is 0 Å². The van der Waals surface area contributed by atoms with Crippen LogP contribution in [0, 0.1) is 0 Å². The summed E-state index contributed by atoms with van der Waals surface area (Å²) in [7, 11) is 2.05. The minimum atomic E-state index is -0.123. The van der Waals surface area contributed by atoms with Crippen LogP contribution in [0.25, 0.3) is 0 Å². The molecule has 1 unspecified atom stereocenters. The Bertz CT molecular complexity index is 106. The van der Waals surface area contributed by atoms with E-state index in [2.05, 4.69) is 25.8 Å². The van der Waals surface area contributed by atoms with E-state index in [1.54, 1.807) is 0 Å². The number of aliphatic hydroxyl groups excluding tert-OH is 1. The first-order valence-corrected chi connectivity index (χ1v) is 5.57. The fourth-order valence-electron chi connectivity index (χ4n) is 1.39. The maximum atomic E-state index is 9.61. The molecule has 13 heavy (non-hydrogen) atoms. The van der Waals surface area contributed by atoms with Crippen LogP contribution in [0.5, 0.6) is 0 Å². The fraction of sp³-hybridized carbons (Fsp3) is 1.00. The van der Waals surface area contributed by atoms with Gasteiger partial charge in [-0.25, -0.2) is 0 Å². The van der Waals surface area contributed by atoms with Crippen molar-refractivity contribution in [1.82, 2.24) is 4.90 Å². The molecule has 0 aliphatic heterocycles. The van der Waals surface area contributed by atoms with Crippen molar-refractivity contribution in [2.75, 3.05) is 20.1 Å². The molecule has 0 aliphatic rings. The highest BCUT2D eigenvalue weighted by Gasteiger charge is 2.05. The lowest BCUT2D eigenvalue weighted by molar-refractivity contribution is 0.117. The predicted molar refractivity (Wildman–Crippen MR) is 57.9 cm³/mol. The summed E-state index contributed by atoms with van der Waals surface area (Å²) in [5.41, 5.74) is 0. The van der Waals surface area contributed by atoms with E-state index in [0.717, 1.165) is 19.5 Å². The smallest absolute Gasteiger partial charge is 0.0667 e. The Labute approximate surface area is 82.9 Å². The van der Waals surface area contributed by atoms with Crippen molar-refractivity contribution >= 4 is 0 Å². The van der Waals surface area contributed by atoms with Crippen LogP contribution >= 0.6 is 0 Å². The molecule has 0 aromatic carbocycles. The molecule has 0 amide bonds. The molecule has 1 atom stereocenters. The van der Waals surface area contributed by atoms with Crippen molar-refractivity contribution in [3.05, 3.63) is 0 Å². The Morgan fingerprint density at radius 2 is 1.85 bits per heavy atom. The highest BCUT2D eigenvalue weighted by atomic mass is 16.3. The molecule has 0 heterocycles. The number of nitrogens with zero attached hydrogens (tertiary/aromatic N) is 1. The van der Waals surface area contributed by atoms with Crippen molar-refractivity contribution in [2.45, 2.75) is 52.1 Å². The molecule has 0 saturated heterocycles. The van der Waals surface area contributed by atoms with E-state index in [9.17, 15) is 5.11 Å². The third-order valence-electron chi connectivity index (χ3n) is 2.45. The molecule has 0 aromatic heterocycles. The van der Waals surface area contributed by atoms with Gasteiger partial charge in [-0.1, -0.05) is 39.5 Å². The Morgan fingerprint density at radius 1 is 1.15 bits per heavy atom. The maximum Gasteiger partial charge on any atom is 0.0667 e. The van der Waals surface area contributed by atoms with Gasteiger partial charge in [0.15, 0.2) is 0 Å². The Morgan fingerprint density at radius 3 is 2.38 bits per heavy atom. The molecule has 2 heteroatoms. The molecule has 0 aliphatic carbocycles. The first-order chi connectivity index (χ1) is 6.20. The molecule has 0 aromatic rings. The third kappa shape index (κ3) is 8.26. The molecule has 2 nitrogen and oxygen atoms in total. The first kappa shape index (κ1) is 12.9. The van der Waals surface area contributed by atoms with Crippen LogP contribution in [-0.4, -0.2) is 36.2 Å². The summed E-state index contributed by atoms with van der Waals surface area (Å²) < 4.78 is 0. The van der Waals surface area contributed by atoms with Crippen LogP contribution in [0.2, 0.25) is 0 Å². The lowest BCUT2D eigenvalue weighted by atomic mass is 10.1. The van der Waals surface area contributed by atoms with Crippen LogP contribution in [0.3, 0.4) is 0 Å². The summed E-state index contributed by atoms with van der Waals surface area (Å²) in [4.78, 5) is 2.16. The van der Waals surface area contributed by atoms with Crippen molar-refractivity contribution in [3.63, 3.8) is 0 Å². The summed E-state index contributed by atoms with van der Waals surface area (Å²) in [6.45, 7) is 6.17. The molecule has 0 saturated carbocycles. The Kier molecular flexibility index (Phi) is 8.46. The highest BCUT2D eigenvalue weighted by Crippen LogP contribution is 2.06. The lowest BCUT2D eigenvalue weighted by Crippen LogP contribution is -2.28. The van der Waals surface area contributed by atoms with Gasteiger partial charge in [-0.15, -0.1) is 0 Å². The van der Waals surface area contributed by atoms with Crippen molar-refractivity contribution in [3.8, 4) is 0 Å². The summed E-state index contributed by atoms with van der Waals surface area (Å²) in [5, 5.41) is 9.61. The first-order valence-electron chi connectivity index (χ1n) is 5.57. The van der Waals surface area contributed by atoms with Gasteiger partial charge in [-0.05, 0) is 20.0 Å². The van der Waals surface area contributed by atoms with Gasteiger partial charge in [-0.3, -0.25) is 0 Å². The summed E-state index contributed by atoms with van der Waals surface area (Å²) in [5.74, 6) is 0. The predicted octanol–water partition coefficient (Wildman–Crippen LogP) is 2.27. The minimum absolute atomic E-state index is 0.123. The zero-order valence-electron chi connectivity index (χ0n) is 9.42. The fourth-order valence-corrected chi connectivity index (χ4v) is 1.39. The molecule has 0 spiro atoms. The number of likely N-dealkylation sites (N-methyl/N-ethyl adjacent to an activating group) is 1. The molecule has 1 N–H and O–H groups in total. The second kappa shape index (κ2) is 8.52. The van der Waals surface area contributed by atoms with Crippen LogP contribution in [0.15, 0.2) is 0 Å². The molecular formula is C11H25NO. The van der Waals surface area contributed by atoms with Crippen molar-refractivity contribution in [1.29, 1.82) is 0 Å². The molecule has 0 radical (unpaired) electrons. The van der Waals surface area contributed by atoms with Crippen LogP contribution in [-0.2, 0) is 0 Å². The van der Waals surface area contributed by atoms with Crippen LogP contribution in [0.4, 0.5) is 0 Å². The Hall–Kier alpha value is -0.0800. The molecular weight excluding hydrogens is 162 g/mol. The standard InChI is InChI=1S/C11H25NO/c1-4-6-7-8-9-11(13)10-12(3)5-2/h11,13H,4-10H2,1-3H3. The van der Waals surface area contributed by atoms with E-state index in [0.29, 0.717) is 0 Å². The topological polar surface area (TPSA) is 23.5 Å². The van der Waals surface area contributed by atoms with E-state index in [4.69, 9.17) is 0 Å². The van der Waals surface area contributed by atoms with Gasteiger partial charge >= 0.3 is 0 Å². The van der Waals surface area contributed by atoms with Gasteiger partial charge in [0.25, 0.3) is 0 Å². The zero-order chi connectivity index (χ0) is 10.1. The van der Waals surface area contributed by atoms with Gasteiger partial charge in [0.1, 0.15) is 0 Å². The van der Waals surface area contributed by atoms with E-state index >= 15 is 0 Å². The Balaban J connectivity index is 3.24. The van der Waals surface area contributed by atoms with Gasteiger partial charge in [0, 0.05) is 6.54 Å². The van der Waals surface area contributed by atoms with E-state index < -0.39 is 0 Å². The average molecular weight is 187 g/mol. The number of hydrogen-bond donors (Lipinski definition) is 1. The van der Waals surface area contributed by atoms with Gasteiger partial charge in [-0.2, -0.15) is 0 Å². The SMILES string of the molecule is CCCCCCC(O)CN(C)CC. The largest absolute Gasteiger partial charge is 0.392 e. The highest BCUT2D eigenvalue weighted by molar-refractivity contribution is 4.60. The summed E-state index contributed by atoms with van der Waals surface area (Å²) in [6.07, 6.45) is 5.85. The van der Waals surface area contributed by atoms with E-state index in [1.165, 1.54) is 25.7 Å². The van der Waals surface area contributed by atoms with Crippen LogP contribution < -0.4 is 0 Å². The third-order valence-corrected chi connectivity index (χ3v) is 2.45. The normalized spacial score (nSPS) is 13.6. The molecule has 0 bridgehead atoms. The van der Waals surface area contributed by atoms with Crippen molar-refractivity contribution < 1.29 is 5.11 Å². The monoisotopic (exact) mass is 187 g/mol. The summed E-state index contributed by atoms with van der Waals surface area (Å²) >= 11 is 0. The lowest BCUT2D eigenvalue weighted by Gasteiger charge is -2.18. The quantitative estimate of drug-likeness (QED) is 0.589. The minimum Gasteiger partial charge on any atom is -0.392 e. The second-order valence-electron chi connectivity index (χ2n) is 3.86. The second-order valence-corrected chi connectivity index (χ2v) is 3.86. The maximum absolute atomic E-state index is 9.61. The van der Waals surface area contributed by atoms with Gasteiger partial charge < -0.3 is 10.0 Å². The van der Waals surface area contributed by atoms with Gasteiger partial charge in [0.05, 0.1) is 6.10 Å². The summed E-state index contributed by atoms with van der Waals surface area (Å²) in [6, 6.07) is 0. The number of hydrogen-bond acceptors (Lipinski definition) is 2. The number of rotatable bonds is 8. The average Bonchev–Trinajstić information content (AvgIpc) is 2.12. The van der Waals surface area contributed by atoms with E-state index in [-0.39, 0.29) is 6.10 Å². The van der Waals surface area contributed by atoms with Crippen LogP contribution in [0.1, 0.15) is 46.0 Å². The number of aliphatic hydroxyl groups is 1. The molecule has 80 valence electrons. The zero-order valence-corrected chi connectivity index (χ0v) is 9.42. The van der Waals surface area contributed by atoms with Gasteiger partial charge in [0.2, 0.25) is 0 Å².